The summed E-state index contributed by atoms with van der Waals surface area (Å²) in [7, 11) is 0. The maximum absolute atomic E-state index is 4.13. The first-order chi connectivity index (χ1) is 7.77. The summed E-state index contributed by atoms with van der Waals surface area (Å²) in [5.74, 6) is 0. The minimum Gasteiger partial charge on any atom is -0.303 e. The number of thiazole rings is 1. The van der Waals surface area contributed by atoms with Gasteiger partial charge in [-0.05, 0) is 25.5 Å². The van der Waals surface area contributed by atoms with Crippen LogP contribution in [0.2, 0.25) is 0 Å². The Kier molecular flexibility index (Phi) is 3.64. The lowest BCUT2D eigenvalue weighted by Crippen LogP contribution is -2.21. The number of aromatic nitrogens is 2. The third-order valence-corrected chi connectivity index (χ3v) is 3.52. The summed E-state index contributed by atoms with van der Waals surface area (Å²) < 4.78 is 0. The van der Waals surface area contributed by atoms with Gasteiger partial charge in [0.25, 0.3) is 0 Å². The summed E-state index contributed by atoms with van der Waals surface area (Å²) in [6.07, 6.45) is 5.61. The molecule has 0 bridgehead atoms. The molecule has 2 aromatic heterocycles. The van der Waals surface area contributed by atoms with Gasteiger partial charge in [0, 0.05) is 35.6 Å². The van der Waals surface area contributed by atoms with Crippen LogP contribution in [0, 0.1) is 0 Å². The number of pyridine rings is 1. The molecule has 0 aliphatic rings. The Morgan fingerprint density at radius 3 is 2.69 bits per heavy atom. The molecule has 0 radical (unpaired) electrons. The van der Waals surface area contributed by atoms with E-state index in [2.05, 4.69) is 35.2 Å². The standard InChI is InChI=1S/C12H15N3S/c1-9(11-4-3-5-13-6-11)15-10(2)12-7-14-8-16-12/h3-10,15H,1-2H3. The van der Waals surface area contributed by atoms with E-state index in [1.165, 1.54) is 10.4 Å². The molecule has 84 valence electrons. The summed E-state index contributed by atoms with van der Waals surface area (Å²) >= 11 is 1.68. The zero-order valence-electron chi connectivity index (χ0n) is 9.42. The van der Waals surface area contributed by atoms with Crippen molar-refractivity contribution in [2.24, 2.45) is 0 Å². The Hall–Kier alpha value is -1.26. The Labute approximate surface area is 99.6 Å². The van der Waals surface area contributed by atoms with Crippen molar-refractivity contribution in [3.63, 3.8) is 0 Å². The first-order valence-corrected chi connectivity index (χ1v) is 6.19. The normalized spacial score (nSPS) is 14.6. The summed E-state index contributed by atoms with van der Waals surface area (Å²) in [4.78, 5) is 9.48. The van der Waals surface area contributed by atoms with Gasteiger partial charge in [-0.3, -0.25) is 9.97 Å². The molecule has 0 aliphatic carbocycles. The molecule has 1 N–H and O–H groups in total. The van der Waals surface area contributed by atoms with Crippen LogP contribution in [-0.4, -0.2) is 9.97 Å². The van der Waals surface area contributed by atoms with Crippen molar-refractivity contribution in [1.29, 1.82) is 0 Å². The fourth-order valence-electron chi connectivity index (χ4n) is 1.62. The molecule has 0 amide bonds. The van der Waals surface area contributed by atoms with Gasteiger partial charge in [0.05, 0.1) is 5.51 Å². The van der Waals surface area contributed by atoms with Gasteiger partial charge in [-0.25, -0.2) is 0 Å². The maximum atomic E-state index is 4.13. The van der Waals surface area contributed by atoms with Gasteiger partial charge in [0.1, 0.15) is 0 Å². The zero-order valence-corrected chi connectivity index (χ0v) is 10.2. The second kappa shape index (κ2) is 5.18. The first-order valence-electron chi connectivity index (χ1n) is 5.31. The lowest BCUT2D eigenvalue weighted by Gasteiger charge is -2.18. The number of hydrogen-bond donors (Lipinski definition) is 1. The predicted octanol–water partition coefficient (Wildman–Crippen LogP) is 2.95. The molecule has 2 aromatic rings. The second-order valence-electron chi connectivity index (χ2n) is 3.80. The Balaban J connectivity index is 2.00. The minimum absolute atomic E-state index is 0.297. The van der Waals surface area contributed by atoms with Crippen LogP contribution < -0.4 is 5.32 Å². The highest BCUT2D eigenvalue weighted by molar-refractivity contribution is 7.09. The molecule has 3 nitrogen and oxygen atoms in total. The molecular weight excluding hydrogens is 218 g/mol. The van der Waals surface area contributed by atoms with Crippen LogP contribution in [0.4, 0.5) is 0 Å². The molecule has 2 unspecified atom stereocenters. The van der Waals surface area contributed by atoms with Gasteiger partial charge in [0.15, 0.2) is 0 Å². The molecule has 0 saturated heterocycles. The van der Waals surface area contributed by atoms with E-state index in [0.29, 0.717) is 12.1 Å². The van der Waals surface area contributed by atoms with E-state index in [4.69, 9.17) is 0 Å². The van der Waals surface area contributed by atoms with E-state index < -0.39 is 0 Å². The molecule has 0 spiro atoms. The minimum atomic E-state index is 0.297. The Morgan fingerprint density at radius 2 is 2.06 bits per heavy atom. The van der Waals surface area contributed by atoms with Gasteiger partial charge >= 0.3 is 0 Å². The molecule has 2 heterocycles. The summed E-state index contributed by atoms with van der Waals surface area (Å²) in [6, 6.07) is 4.67. The van der Waals surface area contributed by atoms with Crippen molar-refractivity contribution < 1.29 is 0 Å². The van der Waals surface area contributed by atoms with Gasteiger partial charge in [-0.15, -0.1) is 11.3 Å². The highest BCUT2D eigenvalue weighted by Gasteiger charge is 2.11. The van der Waals surface area contributed by atoms with E-state index in [1.807, 2.05) is 24.0 Å². The molecule has 2 rings (SSSR count). The maximum Gasteiger partial charge on any atom is 0.0794 e. The van der Waals surface area contributed by atoms with Crippen LogP contribution in [0.1, 0.15) is 36.4 Å². The molecule has 2 atom stereocenters. The molecule has 0 fully saturated rings. The third kappa shape index (κ3) is 2.65. The van der Waals surface area contributed by atoms with Crippen LogP contribution >= 0.6 is 11.3 Å². The van der Waals surface area contributed by atoms with Crippen LogP contribution in [0.25, 0.3) is 0 Å². The van der Waals surface area contributed by atoms with Gasteiger partial charge in [-0.1, -0.05) is 6.07 Å². The van der Waals surface area contributed by atoms with Crippen molar-refractivity contribution in [2.75, 3.05) is 0 Å². The largest absolute Gasteiger partial charge is 0.303 e. The summed E-state index contributed by atoms with van der Waals surface area (Å²) in [5.41, 5.74) is 3.07. The van der Waals surface area contributed by atoms with E-state index in [9.17, 15) is 0 Å². The van der Waals surface area contributed by atoms with Crippen LogP contribution in [0.15, 0.2) is 36.2 Å². The first kappa shape index (κ1) is 11.2. The lowest BCUT2D eigenvalue weighted by molar-refractivity contribution is 0.498. The number of hydrogen-bond acceptors (Lipinski definition) is 4. The van der Waals surface area contributed by atoms with Crippen molar-refractivity contribution >= 4 is 11.3 Å². The number of nitrogens with zero attached hydrogens (tertiary/aromatic N) is 2. The SMILES string of the molecule is CC(NC(C)c1cncs1)c1cccnc1. The topological polar surface area (TPSA) is 37.8 Å². The summed E-state index contributed by atoms with van der Waals surface area (Å²) in [5, 5.41) is 3.53. The van der Waals surface area contributed by atoms with E-state index >= 15 is 0 Å². The summed E-state index contributed by atoms with van der Waals surface area (Å²) in [6.45, 7) is 4.30. The van der Waals surface area contributed by atoms with Gasteiger partial charge in [-0.2, -0.15) is 0 Å². The fourth-order valence-corrected chi connectivity index (χ4v) is 2.26. The van der Waals surface area contributed by atoms with Crippen molar-refractivity contribution in [1.82, 2.24) is 15.3 Å². The molecule has 0 aliphatic heterocycles. The van der Waals surface area contributed by atoms with Gasteiger partial charge < -0.3 is 5.32 Å². The van der Waals surface area contributed by atoms with E-state index in [0.717, 1.165) is 0 Å². The molecule has 0 saturated carbocycles. The van der Waals surface area contributed by atoms with Crippen molar-refractivity contribution in [2.45, 2.75) is 25.9 Å². The van der Waals surface area contributed by atoms with E-state index in [-0.39, 0.29) is 0 Å². The van der Waals surface area contributed by atoms with Crippen LogP contribution in [0.3, 0.4) is 0 Å². The molecule has 16 heavy (non-hydrogen) atoms. The molecule has 4 heteroatoms. The average Bonchev–Trinajstić information content (AvgIpc) is 2.83. The Morgan fingerprint density at radius 1 is 1.19 bits per heavy atom. The lowest BCUT2D eigenvalue weighted by atomic mass is 10.1. The monoisotopic (exact) mass is 233 g/mol. The zero-order chi connectivity index (χ0) is 11.4. The number of rotatable bonds is 4. The van der Waals surface area contributed by atoms with Crippen LogP contribution in [0.5, 0.6) is 0 Å². The van der Waals surface area contributed by atoms with E-state index in [1.54, 1.807) is 17.5 Å². The highest BCUT2D eigenvalue weighted by Crippen LogP contribution is 2.20. The second-order valence-corrected chi connectivity index (χ2v) is 4.72. The highest BCUT2D eigenvalue weighted by atomic mass is 32.1. The smallest absolute Gasteiger partial charge is 0.0794 e. The number of nitrogens with one attached hydrogen (secondary N) is 1. The van der Waals surface area contributed by atoms with Crippen molar-refractivity contribution in [3.05, 3.63) is 46.7 Å². The average molecular weight is 233 g/mol. The van der Waals surface area contributed by atoms with Gasteiger partial charge in [0.2, 0.25) is 0 Å². The molecular formula is C12H15N3S. The predicted molar refractivity (Wildman–Crippen MR) is 66.3 cm³/mol. The third-order valence-electron chi connectivity index (χ3n) is 2.56. The Bertz CT molecular complexity index is 413. The van der Waals surface area contributed by atoms with Crippen molar-refractivity contribution in [3.8, 4) is 0 Å². The van der Waals surface area contributed by atoms with Crippen LogP contribution in [-0.2, 0) is 0 Å². The molecule has 0 aromatic carbocycles. The quantitative estimate of drug-likeness (QED) is 0.882. The fraction of sp³-hybridized carbons (Fsp3) is 0.333.